The molecular weight excluding hydrogens is 184 g/mol. The first-order valence-corrected chi connectivity index (χ1v) is 5.02. The summed E-state index contributed by atoms with van der Waals surface area (Å²) >= 11 is 0. The maximum absolute atomic E-state index is 5.58. The molecule has 0 atom stereocenters. The van der Waals surface area contributed by atoms with E-state index in [1.54, 1.807) is 0 Å². The van der Waals surface area contributed by atoms with Gasteiger partial charge in [0, 0.05) is 23.7 Å². The van der Waals surface area contributed by atoms with Gasteiger partial charge in [-0.05, 0) is 13.0 Å². The van der Waals surface area contributed by atoms with Crippen LogP contribution in [-0.4, -0.2) is 11.5 Å². The van der Waals surface area contributed by atoms with Gasteiger partial charge < -0.3 is 5.73 Å². The number of fused-ring (bicyclic) bond motifs is 1. The molecular formula is C13H14N2. The molecule has 2 aromatic rings. The molecule has 2 nitrogen and oxygen atoms in total. The molecule has 0 radical (unpaired) electrons. The molecule has 0 fully saturated rings. The molecule has 2 N–H and O–H groups in total. The summed E-state index contributed by atoms with van der Waals surface area (Å²) in [5.41, 5.74) is 8.91. The molecule has 0 unspecified atom stereocenters. The van der Waals surface area contributed by atoms with Crippen molar-refractivity contribution in [2.24, 2.45) is 5.73 Å². The molecule has 1 heterocycles. The highest BCUT2D eigenvalue weighted by Gasteiger charge is 1.98. The van der Waals surface area contributed by atoms with Gasteiger partial charge in [0.25, 0.3) is 0 Å². The Morgan fingerprint density at radius 3 is 2.93 bits per heavy atom. The number of para-hydroxylation sites is 1. The molecule has 1 aromatic carbocycles. The zero-order valence-corrected chi connectivity index (χ0v) is 8.77. The molecule has 76 valence electrons. The van der Waals surface area contributed by atoms with Crippen LogP contribution in [-0.2, 0) is 0 Å². The minimum Gasteiger partial charge on any atom is -0.327 e. The normalized spacial score (nSPS) is 12.0. The van der Waals surface area contributed by atoms with Crippen LogP contribution in [0.2, 0.25) is 0 Å². The van der Waals surface area contributed by atoms with E-state index in [-0.39, 0.29) is 0 Å². The number of rotatable bonds is 2. The second-order valence-electron chi connectivity index (χ2n) is 3.62. The van der Waals surface area contributed by atoms with E-state index in [2.05, 4.69) is 29.3 Å². The van der Waals surface area contributed by atoms with Gasteiger partial charge in [0.15, 0.2) is 0 Å². The third kappa shape index (κ3) is 2.05. The summed E-state index contributed by atoms with van der Waals surface area (Å²) in [6.07, 6.45) is 3.91. The summed E-state index contributed by atoms with van der Waals surface area (Å²) in [5, 5.41) is 1.16. The van der Waals surface area contributed by atoms with Gasteiger partial charge in [-0.2, -0.15) is 0 Å². The number of pyridine rings is 1. The first-order valence-electron chi connectivity index (χ1n) is 5.02. The number of benzene rings is 1. The molecule has 0 aliphatic rings. The standard InChI is InChI=1S/C13H14N2/c1-10(9-14)8-12-5-2-4-11-6-3-7-15-13(11)12/h2-8H,9,14H2,1H3. The van der Waals surface area contributed by atoms with Crippen molar-refractivity contribution in [3.05, 3.63) is 47.7 Å². The predicted octanol–water partition coefficient (Wildman–Crippen LogP) is 2.60. The van der Waals surface area contributed by atoms with Crippen molar-refractivity contribution in [3.8, 4) is 0 Å². The monoisotopic (exact) mass is 198 g/mol. The zero-order valence-electron chi connectivity index (χ0n) is 8.77. The van der Waals surface area contributed by atoms with Crippen LogP contribution in [0.5, 0.6) is 0 Å². The highest BCUT2D eigenvalue weighted by molar-refractivity contribution is 5.87. The van der Waals surface area contributed by atoms with Crippen molar-refractivity contribution in [1.82, 2.24) is 4.98 Å². The van der Waals surface area contributed by atoms with Gasteiger partial charge >= 0.3 is 0 Å². The average molecular weight is 198 g/mol. The van der Waals surface area contributed by atoms with Crippen LogP contribution in [0.3, 0.4) is 0 Å². The van der Waals surface area contributed by atoms with Crippen molar-refractivity contribution in [2.75, 3.05) is 6.54 Å². The van der Waals surface area contributed by atoms with E-state index in [1.165, 1.54) is 0 Å². The Kier molecular flexibility index (Phi) is 2.79. The van der Waals surface area contributed by atoms with Gasteiger partial charge in [0.1, 0.15) is 0 Å². The van der Waals surface area contributed by atoms with Crippen molar-refractivity contribution < 1.29 is 0 Å². The second kappa shape index (κ2) is 4.24. The van der Waals surface area contributed by atoms with E-state index in [0.717, 1.165) is 22.0 Å². The highest BCUT2D eigenvalue weighted by atomic mass is 14.6. The summed E-state index contributed by atoms with van der Waals surface area (Å²) in [7, 11) is 0. The fourth-order valence-electron chi connectivity index (χ4n) is 1.57. The molecule has 0 bridgehead atoms. The van der Waals surface area contributed by atoms with Crippen LogP contribution >= 0.6 is 0 Å². The van der Waals surface area contributed by atoms with Crippen LogP contribution in [0.4, 0.5) is 0 Å². The largest absolute Gasteiger partial charge is 0.327 e. The van der Waals surface area contributed by atoms with E-state index in [4.69, 9.17) is 5.73 Å². The van der Waals surface area contributed by atoms with Crippen molar-refractivity contribution in [1.29, 1.82) is 0 Å². The van der Waals surface area contributed by atoms with Crippen molar-refractivity contribution in [3.63, 3.8) is 0 Å². The topological polar surface area (TPSA) is 38.9 Å². The summed E-state index contributed by atoms with van der Waals surface area (Å²) in [4.78, 5) is 4.38. The minimum absolute atomic E-state index is 0.587. The average Bonchev–Trinajstić information content (AvgIpc) is 2.29. The lowest BCUT2D eigenvalue weighted by atomic mass is 10.1. The Bertz CT molecular complexity index is 495. The third-order valence-corrected chi connectivity index (χ3v) is 2.39. The Labute approximate surface area is 89.4 Å². The van der Waals surface area contributed by atoms with Crippen molar-refractivity contribution >= 4 is 17.0 Å². The van der Waals surface area contributed by atoms with E-state index in [9.17, 15) is 0 Å². The van der Waals surface area contributed by atoms with Gasteiger partial charge in [-0.15, -0.1) is 0 Å². The maximum Gasteiger partial charge on any atom is 0.0774 e. The zero-order chi connectivity index (χ0) is 10.7. The number of aromatic nitrogens is 1. The van der Waals surface area contributed by atoms with Crippen LogP contribution in [0.15, 0.2) is 42.1 Å². The molecule has 0 saturated heterocycles. The molecule has 2 heteroatoms. The summed E-state index contributed by atoms with van der Waals surface area (Å²) in [6, 6.07) is 10.2. The summed E-state index contributed by atoms with van der Waals surface area (Å²) in [5.74, 6) is 0. The highest BCUT2D eigenvalue weighted by Crippen LogP contribution is 2.18. The Morgan fingerprint density at radius 2 is 2.13 bits per heavy atom. The third-order valence-electron chi connectivity index (χ3n) is 2.39. The maximum atomic E-state index is 5.58. The molecule has 0 aliphatic heterocycles. The van der Waals surface area contributed by atoms with E-state index in [0.29, 0.717) is 6.54 Å². The number of hydrogen-bond acceptors (Lipinski definition) is 2. The molecule has 1 aromatic heterocycles. The summed E-state index contributed by atoms with van der Waals surface area (Å²) in [6.45, 7) is 2.62. The Balaban J connectivity index is 2.61. The molecule has 0 aliphatic carbocycles. The first kappa shape index (κ1) is 9.87. The lowest BCUT2D eigenvalue weighted by molar-refractivity contribution is 1.15. The number of nitrogens with two attached hydrogens (primary N) is 1. The summed E-state index contributed by atoms with van der Waals surface area (Å²) < 4.78 is 0. The van der Waals surface area contributed by atoms with E-state index >= 15 is 0 Å². The smallest absolute Gasteiger partial charge is 0.0774 e. The second-order valence-corrected chi connectivity index (χ2v) is 3.62. The van der Waals surface area contributed by atoms with Crippen LogP contribution in [0.25, 0.3) is 17.0 Å². The SMILES string of the molecule is CC(=Cc1cccc2cccnc12)CN. The van der Waals surface area contributed by atoms with Gasteiger partial charge in [-0.3, -0.25) is 4.98 Å². The number of hydrogen-bond donors (Lipinski definition) is 1. The lowest BCUT2D eigenvalue weighted by Gasteiger charge is -2.02. The fraction of sp³-hybridized carbons (Fsp3) is 0.154. The molecule has 0 amide bonds. The molecule has 0 spiro atoms. The quantitative estimate of drug-likeness (QED) is 0.805. The molecule has 2 rings (SSSR count). The Morgan fingerprint density at radius 1 is 1.33 bits per heavy atom. The lowest BCUT2D eigenvalue weighted by Crippen LogP contribution is -1.99. The van der Waals surface area contributed by atoms with Crippen LogP contribution in [0, 0.1) is 0 Å². The van der Waals surface area contributed by atoms with Gasteiger partial charge in [-0.1, -0.05) is 35.9 Å². The van der Waals surface area contributed by atoms with E-state index in [1.807, 2.05) is 25.3 Å². The van der Waals surface area contributed by atoms with Gasteiger partial charge in [-0.25, -0.2) is 0 Å². The van der Waals surface area contributed by atoms with Crippen molar-refractivity contribution in [2.45, 2.75) is 6.92 Å². The first-order chi connectivity index (χ1) is 7.31. The predicted molar refractivity (Wildman–Crippen MR) is 64.4 cm³/mol. The fourth-order valence-corrected chi connectivity index (χ4v) is 1.57. The minimum atomic E-state index is 0.587. The van der Waals surface area contributed by atoms with Gasteiger partial charge in [0.05, 0.1) is 5.52 Å². The van der Waals surface area contributed by atoms with Crippen LogP contribution < -0.4 is 5.73 Å². The number of nitrogens with zero attached hydrogens (tertiary/aromatic N) is 1. The van der Waals surface area contributed by atoms with E-state index < -0.39 is 0 Å². The molecule has 0 saturated carbocycles. The Hall–Kier alpha value is -1.67. The van der Waals surface area contributed by atoms with Gasteiger partial charge in [0.2, 0.25) is 0 Å². The van der Waals surface area contributed by atoms with Crippen LogP contribution in [0.1, 0.15) is 12.5 Å². The molecule has 15 heavy (non-hydrogen) atoms.